The largest absolute Gasteiger partial charge is 0.314 e. The fourth-order valence-corrected chi connectivity index (χ4v) is 3.02. The summed E-state index contributed by atoms with van der Waals surface area (Å²) in [4.78, 5) is 0. The lowest BCUT2D eigenvalue weighted by Gasteiger charge is -2.09. The van der Waals surface area contributed by atoms with Crippen LogP contribution >= 0.6 is 11.8 Å². The minimum atomic E-state index is 0.799. The van der Waals surface area contributed by atoms with Gasteiger partial charge in [0.2, 0.25) is 0 Å². The predicted molar refractivity (Wildman–Crippen MR) is 68.2 cm³/mol. The molecule has 0 spiro atoms. The number of nitrogens with one attached hydrogen (secondary N) is 1. The number of hydrogen-bond donors (Lipinski definition) is 1. The summed E-state index contributed by atoms with van der Waals surface area (Å²) in [7, 11) is 0. The van der Waals surface area contributed by atoms with Crippen molar-refractivity contribution in [2.75, 3.05) is 12.3 Å². The Balaban J connectivity index is 1.59. The molecule has 0 bridgehead atoms. The molecule has 1 fully saturated rings. The normalized spacial score (nSPS) is 20.7. The zero-order chi connectivity index (χ0) is 10.3. The standard InChI is InChI=1S/C13H19NS/c1-2-5-12(6-3-1)11-15-10-8-13-7-4-9-14-13/h1-3,5-6,13-14H,4,7-11H2. The summed E-state index contributed by atoms with van der Waals surface area (Å²) in [5.41, 5.74) is 1.45. The van der Waals surface area contributed by atoms with Crippen molar-refractivity contribution in [1.82, 2.24) is 5.32 Å². The first-order valence-corrected chi connectivity index (χ1v) is 6.96. The van der Waals surface area contributed by atoms with Gasteiger partial charge in [0, 0.05) is 11.8 Å². The molecule has 1 aliphatic heterocycles. The average Bonchev–Trinajstić information content (AvgIpc) is 2.79. The maximum absolute atomic E-state index is 3.54. The van der Waals surface area contributed by atoms with E-state index in [0.717, 1.165) is 11.8 Å². The van der Waals surface area contributed by atoms with E-state index >= 15 is 0 Å². The molecular weight excluding hydrogens is 202 g/mol. The third kappa shape index (κ3) is 3.88. The highest BCUT2D eigenvalue weighted by Gasteiger charge is 2.12. The average molecular weight is 221 g/mol. The van der Waals surface area contributed by atoms with Gasteiger partial charge in [0.1, 0.15) is 0 Å². The van der Waals surface area contributed by atoms with Crippen molar-refractivity contribution in [3.63, 3.8) is 0 Å². The van der Waals surface area contributed by atoms with Crippen LogP contribution in [0.2, 0.25) is 0 Å². The molecule has 1 atom stereocenters. The highest BCUT2D eigenvalue weighted by atomic mass is 32.2. The van der Waals surface area contributed by atoms with Crippen molar-refractivity contribution in [2.45, 2.75) is 31.1 Å². The van der Waals surface area contributed by atoms with Crippen molar-refractivity contribution in [3.8, 4) is 0 Å². The van der Waals surface area contributed by atoms with Crippen molar-refractivity contribution in [2.24, 2.45) is 0 Å². The molecule has 1 nitrogen and oxygen atoms in total. The maximum atomic E-state index is 3.54. The monoisotopic (exact) mass is 221 g/mol. The minimum absolute atomic E-state index is 0.799. The molecule has 0 amide bonds. The third-order valence-electron chi connectivity index (χ3n) is 2.88. The molecule has 0 saturated carbocycles. The Labute approximate surface area is 96.7 Å². The molecule has 0 radical (unpaired) electrons. The first kappa shape index (κ1) is 11.0. The maximum Gasteiger partial charge on any atom is 0.0184 e. The number of thioether (sulfide) groups is 1. The van der Waals surface area contributed by atoms with Gasteiger partial charge in [0.25, 0.3) is 0 Å². The summed E-state index contributed by atoms with van der Waals surface area (Å²) in [5.74, 6) is 2.44. The van der Waals surface area contributed by atoms with Crippen LogP contribution in [0, 0.1) is 0 Å². The number of hydrogen-bond acceptors (Lipinski definition) is 2. The van der Waals surface area contributed by atoms with Crippen LogP contribution in [-0.4, -0.2) is 18.3 Å². The summed E-state index contributed by atoms with van der Waals surface area (Å²) < 4.78 is 0. The van der Waals surface area contributed by atoms with Crippen LogP contribution in [0.3, 0.4) is 0 Å². The molecule has 1 N–H and O–H groups in total. The molecule has 0 aliphatic carbocycles. The third-order valence-corrected chi connectivity index (χ3v) is 3.95. The van der Waals surface area contributed by atoms with E-state index in [4.69, 9.17) is 0 Å². The van der Waals surface area contributed by atoms with Crippen molar-refractivity contribution in [1.29, 1.82) is 0 Å². The quantitative estimate of drug-likeness (QED) is 0.767. The molecule has 1 unspecified atom stereocenters. The molecule has 82 valence electrons. The molecule has 1 aromatic rings. The van der Waals surface area contributed by atoms with Crippen LogP contribution in [0.5, 0.6) is 0 Å². The Morgan fingerprint density at radius 3 is 2.87 bits per heavy atom. The number of benzene rings is 1. The van der Waals surface area contributed by atoms with Gasteiger partial charge in [-0.2, -0.15) is 11.8 Å². The molecule has 1 saturated heterocycles. The first-order valence-electron chi connectivity index (χ1n) is 5.80. The molecule has 1 aliphatic rings. The second-order valence-corrected chi connectivity index (χ2v) is 5.23. The second-order valence-electron chi connectivity index (χ2n) is 4.12. The Morgan fingerprint density at radius 2 is 2.13 bits per heavy atom. The Hall–Kier alpha value is -0.470. The van der Waals surface area contributed by atoms with Crippen LogP contribution in [0.25, 0.3) is 0 Å². The van der Waals surface area contributed by atoms with Gasteiger partial charge in [-0.3, -0.25) is 0 Å². The molecule has 15 heavy (non-hydrogen) atoms. The van der Waals surface area contributed by atoms with Gasteiger partial charge in [-0.05, 0) is 37.1 Å². The van der Waals surface area contributed by atoms with E-state index in [2.05, 4.69) is 47.4 Å². The first-order chi connectivity index (χ1) is 7.45. The van der Waals surface area contributed by atoms with E-state index in [1.807, 2.05) is 0 Å². The Kier molecular flexibility index (Phi) is 4.55. The fraction of sp³-hybridized carbons (Fsp3) is 0.538. The lowest BCUT2D eigenvalue weighted by molar-refractivity contribution is 0.592. The molecule has 1 heterocycles. The van der Waals surface area contributed by atoms with Crippen molar-refractivity contribution < 1.29 is 0 Å². The zero-order valence-corrected chi connectivity index (χ0v) is 9.93. The van der Waals surface area contributed by atoms with E-state index in [1.54, 1.807) is 0 Å². The lowest BCUT2D eigenvalue weighted by Crippen LogP contribution is -2.21. The topological polar surface area (TPSA) is 12.0 Å². The fourth-order valence-electron chi connectivity index (χ4n) is 1.99. The molecule has 1 aromatic carbocycles. The zero-order valence-electron chi connectivity index (χ0n) is 9.11. The summed E-state index contributed by atoms with van der Waals surface area (Å²) in [6.07, 6.45) is 4.08. The van der Waals surface area contributed by atoms with E-state index in [-0.39, 0.29) is 0 Å². The minimum Gasteiger partial charge on any atom is -0.314 e. The van der Waals surface area contributed by atoms with E-state index in [0.29, 0.717) is 0 Å². The van der Waals surface area contributed by atoms with E-state index in [9.17, 15) is 0 Å². The van der Waals surface area contributed by atoms with Gasteiger partial charge >= 0.3 is 0 Å². The van der Waals surface area contributed by atoms with Gasteiger partial charge in [0.15, 0.2) is 0 Å². The van der Waals surface area contributed by atoms with Gasteiger partial charge in [0.05, 0.1) is 0 Å². The van der Waals surface area contributed by atoms with Crippen molar-refractivity contribution in [3.05, 3.63) is 35.9 Å². The van der Waals surface area contributed by atoms with Gasteiger partial charge in [-0.1, -0.05) is 30.3 Å². The van der Waals surface area contributed by atoms with Crippen LogP contribution in [0.4, 0.5) is 0 Å². The Morgan fingerprint density at radius 1 is 1.27 bits per heavy atom. The summed E-state index contributed by atoms with van der Waals surface area (Å²) in [6.45, 7) is 1.23. The van der Waals surface area contributed by atoms with Gasteiger partial charge in [-0.15, -0.1) is 0 Å². The van der Waals surface area contributed by atoms with E-state index in [1.165, 1.54) is 37.1 Å². The highest BCUT2D eigenvalue weighted by molar-refractivity contribution is 7.98. The SMILES string of the molecule is c1ccc(CSCCC2CCCN2)cc1. The number of rotatable bonds is 5. The van der Waals surface area contributed by atoms with Crippen LogP contribution in [0.1, 0.15) is 24.8 Å². The summed E-state index contributed by atoms with van der Waals surface area (Å²) in [6, 6.07) is 11.5. The van der Waals surface area contributed by atoms with Gasteiger partial charge < -0.3 is 5.32 Å². The van der Waals surface area contributed by atoms with Crippen LogP contribution < -0.4 is 5.32 Å². The highest BCUT2D eigenvalue weighted by Crippen LogP contribution is 2.16. The van der Waals surface area contributed by atoms with Crippen LogP contribution in [-0.2, 0) is 5.75 Å². The van der Waals surface area contributed by atoms with Crippen molar-refractivity contribution >= 4 is 11.8 Å². The molecule has 2 rings (SSSR count). The molecular formula is C13H19NS. The Bertz CT molecular complexity index is 267. The predicted octanol–water partition coefficient (Wildman–Crippen LogP) is 3.06. The second kappa shape index (κ2) is 6.19. The van der Waals surface area contributed by atoms with Crippen LogP contribution in [0.15, 0.2) is 30.3 Å². The summed E-state index contributed by atoms with van der Waals surface area (Å²) in [5, 5.41) is 3.54. The smallest absolute Gasteiger partial charge is 0.0184 e. The summed E-state index contributed by atoms with van der Waals surface area (Å²) >= 11 is 2.05. The molecule has 2 heteroatoms. The molecule has 0 aromatic heterocycles. The van der Waals surface area contributed by atoms with E-state index < -0.39 is 0 Å². The lowest BCUT2D eigenvalue weighted by atomic mass is 10.2. The van der Waals surface area contributed by atoms with Gasteiger partial charge in [-0.25, -0.2) is 0 Å².